The summed E-state index contributed by atoms with van der Waals surface area (Å²) in [5, 5.41) is 0.156. The van der Waals surface area contributed by atoms with Gasteiger partial charge < -0.3 is 9.47 Å². The Morgan fingerprint density at radius 3 is 2.60 bits per heavy atom. The summed E-state index contributed by atoms with van der Waals surface area (Å²) in [6, 6.07) is 4.91. The topological polar surface area (TPSA) is 75.5 Å². The van der Waals surface area contributed by atoms with Crippen LogP contribution in [0.4, 0.5) is 0 Å². The number of sulfonamides is 1. The molecule has 0 saturated carbocycles. The molecule has 0 N–H and O–H groups in total. The van der Waals surface area contributed by atoms with Gasteiger partial charge in [0.15, 0.2) is 0 Å². The number of hydrogen-bond donors (Lipinski definition) is 0. The number of rotatable bonds is 4. The summed E-state index contributed by atoms with van der Waals surface area (Å²) in [6.45, 7) is 4.27. The predicted molar refractivity (Wildman–Crippen MR) is 115 cm³/mol. The molecule has 0 bridgehead atoms. The first-order valence-corrected chi connectivity index (χ1v) is 12.2. The highest BCUT2D eigenvalue weighted by Gasteiger charge is 2.32. The molecule has 30 heavy (non-hydrogen) atoms. The van der Waals surface area contributed by atoms with Gasteiger partial charge in [-0.25, -0.2) is 13.4 Å². The van der Waals surface area contributed by atoms with Crippen molar-refractivity contribution >= 4 is 27.5 Å². The van der Waals surface area contributed by atoms with Crippen molar-refractivity contribution in [1.29, 1.82) is 0 Å². The number of hydrogen-bond acceptors (Lipinski definition) is 4. The third-order valence-electron chi connectivity index (χ3n) is 6.11. The number of likely N-dealkylation sites (tertiary alicyclic amines) is 1. The highest BCUT2D eigenvalue weighted by Crippen LogP contribution is 2.30. The summed E-state index contributed by atoms with van der Waals surface area (Å²) in [7, 11) is -3.73. The number of imidazole rings is 1. The van der Waals surface area contributed by atoms with Crippen molar-refractivity contribution in [2.45, 2.75) is 43.5 Å². The maximum atomic E-state index is 13.2. The van der Waals surface area contributed by atoms with Crippen molar-refractivity contribution in [2.75, 3.05) is 26.2 Å². The molecule has 4 rings (SSSR count). The smallest absolute Gasteiger partial charge is 0.253 e. The molecule has 2 aliphatic rings. The highest BCUT2D eigenvalue weighted by molar-refractivity contribution is 7.89. The second-order valence-electron chi connectivity index (χ2n) is 8.29. The number of nitrogens with zero attached hydrogens (tertiary/aromatic N) is 4. The Kier molecular flexibility index (Phi) is 6.18. The lowest BCUT2D eigenvalue weighted by molar-refractivity contribution is 0.0694. The SMILES string of the molecule is CC1CCCN(S(=O)(=O)c2cc(C(=O)N3CCC(n4ccnc4)CC3)ccc2Cl)C1. The van der Waals surface area contributed by atoms with E-state index in [1.165, 1.54) is 16.4 Å². The van der Waals surface area contributed by atoms with E-state index in [2.05, 4.69) is 16.5 Å². The summed E-state index contributed by atoms with van der Waals surface area (Å²) in [4.78, 5) is 19.0. The van der Waals surface area contributed by atoms with Crippen LogP contribution in [0.5, 0.6) is 0 Å². The molecule has 1 aromatic heterocycles. The molecule has 2 aliphatic heterocycles. The molecule has 3 heterocycles. The minimum Gasteiger partial charge on any atom is -0.338 e. The largest absolute Gasteiger partial charge is 0.338 e. The molecule has 0 aliphatic carbocycles. The Bertz CT molecular complexity index is 1000. The van der Waals surface area contributed by atoms with Crippen LogP contribution in [-0.2, 0) is 10.0 Å². The summed E-state index contributed by atoms with van der Waals surface area (Å²) >= 11 is 6.26. The quantitative estimate of drug-likeness (QED) is 0.715. The molecular weight excluding hydrogens is 424 g/mol. The van der Waals surface area contributed by atoms with Crippen LogP contribution in [0.1, 0.15) is 49.0 Å². The van der Waals surface area contributed by atoms with E-state index in [1.54, 1.807) is 23.5 Å². The summed E-state index contributed by atoms with van der Waals surface area (Å²) in [6.07, 6.45) is 9.05. The Hall–Kier alpha value is -1.90. The number of halogens is 1. The summed E-state index contributed by atoms with van der Waals surface area (Å²) in [5.41, 5.74) is 0.365. The Labute approximate surface area is 182 Å². The average Bonchev–Trinajstić information content (AvgIpc) is 3.28. The lowest BCUT2D eigenvalue weighted by Crippen LogP contribution is -2.40. The lowest BCUT2D eigenvalue weighted by atomic mass is 10.0. The van der Waals surface area contributed by atoms with Crippen molar-refractivity contribution in [1.82, 2.24) is 18.8 Å². The molecule has 1 unspecified atom stereocenters. The maximum Gasteiger partial charge on any atom is 0.253 e. The number of benzene rings is 1. The van der Waals surface area contributed by atoms with Gasteiger partial charge in [0.05, 0.1) is 11.3 Å². The van der Waals surface area contributed by atoms with Crippen molar-refractivity contribution in [3.8, 4) is 0 Å². The Morgan fingerprint density at radius 2 is 1.93 bits per heavy atom. The molecular formula is C21H27ClN4O3S. The summed E-state index contributed by atoms with van der Waals surface area (Å²) < 4.78 is 29.9. The molecule has 9 heteroatoms. The van der Waals surface area contributed by atoms with E-state index in [1.807, 2.05) is 6.20 Å². The van der Waals surface area contributed by atoms with Crippen LogP contribution in [0.15, 0.2) is 41.8 Å². The van der Waals surface area contributed by atoms with Crippen LogP contribution < -0.4 is 0 Å². The first-order valence-electron chi connectivity index (χ1n) is 10.4. The number of piperidine rings is 2. The van der Waals surface area contributed by atoms with Crippen LogP contribution in [0.2, 0.25) is 5.02 Å². The van der Waals surface area contributed by atoms with Gasteiger partial charge in [-0.2, -0.15) is 4.31 Å². The van der Waals surface area contributed by atoms with Gasteiger partial charge in [0.2, 0.25) is 10.0 Å². The number of carbonyl (C=O) groups is 1. The Morgan fingerprint density at radius 1 is 1.17 bits per heavy atom. The predicted octanol–water partition coefficient (Wildman–Crippen LogP) is 3.43. The van der Waals surface area contributed by atoms with E-state index in [0.29, 0.717) is 43.7 Å². The van der Waals surface area contributed by atoms with E-state index >= 15 is 0 Å². The zero-order valence-electron chi connectivity index (χ0n) is 17.1. The Balaban J connectivity index is 1.51. The third-order valence-corrected chi connectivity index (χ3v) is 8.46. The van der Waals surface area contributed by atoms with Gasteiger partial charge in [0.25, 0.3) is 5.91 Å². The molecule has 0 spiro atoms. The zero-order valence-corrected chi connectivity index (χ0v) is 18.6. The van der Waals surface area contributed by atoms with E-state index in [-0.39, 0.29) is 15.8 Å². The van der Waals surface area contributed by atoms with Crippen molar-refractivity contribution < 1.29 is 13.2 Å². The third kappa shape index (κ3) is 4.26. The van der Waals surface area contributed by atoms with E-state index in [4.69, 9.17) is 11.6 Å². The first kappa shape index (κ1) is 21.3. The average molecular weight is 451 g/mol. The minimum absolute atomic E-state index is 0.0254. The van der Waals surface area contributed by atoms with Gasteiger partial charge in [-0.1, -0.05) is 18.5 Å². The van der Waals surface area contributed by atoms with Gasteiger partial charge in [-0.3, -0.25) is 4.79 Å². The molecule has 0 radical (unpaired) electrons. The standard InChI is InChI=1S/C21H27ClN4O3S/c1-16-3-2-9-26(14-16)30(28,29)20-13-17(4-5-19(20)22)21(27)24-10-6-18(7-11-24)25-12-8-23-15-25/h4-5,8,12-13,15-16,18H,2-3,6-7,9-11,14H2,1H3. The molecule has 162 valence electrons. The second-order valence-corrected chi connectivity index (χ2v) is 10.6. The molecule has 1 atom stereocenters. The van der Waals surface area contributed by atoms with Gasteiger partial charge >= 0.3 is 0 Å². The molecule has 2 fully saturated rings. The van der Waals surface area contributed by atoms with E-state index < -0.39 is 10.0 Å². The van der Waals surface area contributed by atoms with Crippen LogP contribution in [0.25, 0.3) is 0 Å². The number of aromatic nitrogens is 2. The zero-order chi connectivity index (χ0) is 21.3. The van der Waals surface area contributed by atoms with Crippen LogP contribution >= 0.6 is 11.6 Å². The molecule has 7 nitrogen and oxygen atoms in total. The van der Waals surface area contributed by atoms with Crippen LogP contribution in [0, 0.1) is 5.92 Å². The van der Waals surface area contributed by atoms with Gasteiger partial charge in [0.1, 0.15) is 4.90 Å². The second kappa shape index (κ2) is 8.69. The van der Waals surface area contributed by atoms with Gasteiger partial charge in [-0.05, 0) is 49.8 Å². The molecule has 2 aromatic rings. The summed E-state index contributed by atoms with van der Waals surface area (Å²) in [5.74, 6) is 0.160. The lowest BCUT2D eigenvalue weighted by Gasteiger charge is -2.33. The maximum absolute atomic E-state index is 13.2. The van der Waals surface area contributed by atoms with Crippen molar-refractivity contribution in [3.63, 3.8) is 0 Å². The highest BCUT2D eigenvalue weighted by atomic mass is 35.5. The molecule has 2 saturated heterocycles. The fraction of sp³-hybridized carbons (Fsp3) is 0.524. The normalized spacial score (nSPS) is 21.7. The minimum atomic E-state index is -3.73. The van der Waals surface area contributed by atoms with Crippen molar-refractivity contribution in [2.24, 2.45) is 5.92 Å². The van der Waals surface area contributed by atoms with Crippen LogP contribution in [0.3, 0.4) is 0 Å². The molecule has 1 aromatic carbocycles. The molecule has 1 amide bonds. The van der Waals surface area contributed by atoms with E-state index in [9.17, 15) is 13.2 Å². The number of carbonyl (C=O) groups excluding carboxylic acids is 1. The fourth-order valence-electron chi connectivity index (χ4n) is 4.37. The van der Waals surface area contributed by atoms with Gasteiger partial charge in [-0.15, -0.1) is 0 Å². The first-order chi connectivity index (χ1) is 14.4. The monoisotopic (exact) mass is 450 g/mol. The number of amides is 1. The van der Waals surface area contributed by atoms with E-state index in [0.717, 1.165) is 25.7 Å². The van der Waals surface area contributed by atoms with Gasteiger partial charge in [0, 0.05) is 50.2 Å². The van der Waals surface area contributed by atoms with Crippen molar-refractivity contribution in [3.05, 3.63) is 47.5 Å². The fourth-order valence-corrected chi connectivity index (χ4v) is 6.47. The van der Waals surface area contributed by atoms with Crippen LogP contribution in [-0.4, -0.2) is 59.3 Å².